The van der Waals surface area contributed by atoms with Crippen LogP contribution in [0.5, 0.6) is 5.75 Å². The maximum absolute atomic E-state index is 11.7. The molecule has 0 spiro atoms. The van der Waals surface area contributed by atoms with Gasteiger partial charge < -0.3 is 19.9 Å². The smallest absolute Gasteiger partial charge is 0.482 e. The third-order valence-electron chi connectivity index (χ3n) is 3.63. The van der Waals surface area contributed by atoms with Crippen LogP contribution in [0.15, 0.2) is 48.5 Å². The fourth-order valence-electron chi connectivity index (χ4n) is 2.29. The van der Waals surface area contributed by atoms with Crippen molar-refractivity contribution in [2.45, 2.75) is 19.2 Å². The summed E-state index contributed by atoms with van der Waals surface area (Å²) >= 11 is 0. The van der Waals surface area contributed by atoms with Crippen LogP contribution in [0.3, 0.4) is 0 Å². The second-order valence-corrected chi connectivity index (χ2v) is 5.73. The Bertz CT molecular complexity index is 809. The molecule has 0 unspecified atom stereocenters. The summed E-state index contributed by atoms with van der Waals surface area (Å²) in [5.74, 6) is -2.42. The molecule has 0 saturated heterocycles. The number of alkyl halides is 3. The minimum Gasteiger partial charge on any atom is -0.482 e. The van der Waals surface area contributed by atoms with Gasteiger partial charge >= 0.3 is 18.1 Å². The molecule has 0 saturated carbocycles. The minimum absolute atomic E-state index is 0.0704. The van der Waals surface area contributed by atoms with E-state index in [1.54, 1.807) is 0 Å². The van der Waals surface area contributed by atoms with E-state index in [0.29, 0.717) is 5.75 Å². The Morgan fingerprint density at radius 2 is 1.79 bits per heavy atom. The highest BCUT2D eigenvalue weighted by Crippen LogP contribution is 2.26. The lowest BCUT2D eigenvalue weighted by molar-refractivity contribution is -0.192. The van der Waals surface area contributed by atoms with Gasteiger partial charge in [-0.3, -0.25) is 0 Å². The molecule has 1 heterocycles. The van der Waals surface area contributed by atoms with E-state index in [1.807, 2.05) is 48.5 Å². The van der Waals surface area contributed by atoms with Crippen molar-refractivity contribution in [1.82, 2.24) is 0 Å². The summed E-state index contributed by atoms with van der Waals surface area (Å²) in [7, 11) is 0. The Balaban J connectivity index is 0.000000345. The number of ether oxygens (including phenoxy) is 2. The normalized spacial score (nSPS) is 12.1. The van der Waals surface area contributed by atoms with Crippen LogP contribution in [0.4, 0.5) is 18.9 Å². The van der Waals surface area contributed by atoms with E-state index >= 15 is 0 Å². The second-order valence-electron chi connectivity index (χ2n) is 5.73. The monoisotopic (exact) mass is 397 g/mol. The average Bonchev–Trinajstić information content (AvgIpc) is 3.13. The lowest BCUT2D eigenvalue weighted by Crippen LogP contribution is -2.21. The second kappa shape index (κ2) is 9.63. The van der Waals surface area contributed by atoms with Gasteiger partial charge in [-0.15, -0.1) is 0 Å². The van der Waals surface area contributed by atoms with E-state index < -0.39 is 12.1 Å². The zero-order chi connectivity index (χ0) is 20.6. The van der Waals surface area contributed by atoms with Crippen molar-refractivity contribution in [3.05, 3.63) is 59.7 Å². The largest absolute Gasteiger partial charge is 0.490 e. The predicted octanol–water partition coefficient (Wildman–Crippen LogP) is 3.41. The number of halogens is 3. The van der Waals surface area contributed by atoms with Gasteiger partial charge in [0.15, 0.2) is 6.61 Å². The first kappa shape index (κ1) is 21.1. The summed E-state index contributed by atoms with van der Waals surface area (Å²) < 4.78 is 42.4. The van der Waals surface area contributed by atoms with Crippen molar-refractivity contribution in [2.24, 2.45) is 0 Å². The molecule has 0 radical (unpaired) electrons. The zero-order valence-corrected chi connectivity index (χ0v) is 14.7. The maximum atomic E-state index is 11.7. The van der Waals surface area contributed by atoms with Crippen LogP contribution in [0.1, 0.15) is 11.1 Å². The molecule has 2 N–H and O–H groups in total. The van der Waals surface area contributed by atoms with Crippen LogP contribution in [0.2, 0.25) is 0 Å². The Morgan fingerprint density at radius 3 is 2.43 bits per heavy atom. The third-order valence-corrected chi connectivity index (χ3v) is 3.63. The maximum Gasteiger partial charge on any atom is 0.490 e. The van der Waals surface area contributed by atoms with Gasteiger partial charge in [-0.05, 0) is 35.7 Å². The number of esters is 1. The number of rotatable bonds is 5. The van der Waals surface area contributed by atoms with Gasteiger partial charge in [0.05, 0.1) is 0 Å². The SMILES string of the molecule is O=C(COc1ccc2c(c1)CCN2)OCc1ccccc1.O=C(O)C(F)(F)F. The Morgan fingerprint density at radius 1 is 1.11 bits per heavy atom. The zero-order valence-electron chi connectivity index (χ0n) is 14.7. The molecule has 1 aliphatic rings. The average molecular weight is 397 g/mol. The fourth-order valence-corrected chi connectivity index (χ4v) is 2.29. The van der Waals surface area contributed by atoms with E-state index in [1.165, 1.54) is 5.56 Å². The van der Waals surface area contributed by atoms with Crippen LogP contribution < -0.4 is 10.1 Å². The van der Waals surface area contributed by atoms with E-state index in [9.17, 15) is 18.0 Å². The van der Waals surface area contributed by atoms with Gasteiger partial charge in [-0.1, -0.05) is 30.3 Å². The number of nitrogens with one attached hydrogen (secondary N) is 1. The molecule has 0 aromatic heterocycles. The quantitative estimate of drug-likeness (QED) is 0.753. The molecule has 2 aromatic carbocycles. The van der Waals surface area contributed by atoms with Gasteiger partial charge in [0.2, 0.25) is 0 Å². The summed E-state index contributed by atoms with van der Waals surface area (Å²) in [6.07, 6.45) is -4.09. The van der Waals surface area contributed by atoms with Gasteiger partial charge in [-0.25, -0.2) is 9.59 Å². The first-order chi connectivity index (χ1) is 13.3. The molecule has 3 rings (SSSR count). The summed E-state index contributed by atoms with van der Waals surface area (Å²) in [6.45, 7) is 1.16. The van der Waals surface area contributed by atoms with E-state index in [-0.39, 0.29) is 19.2 Å². The van der Waals surface area contributed by atoms with Crippen LogP contribution in [0.25, 0.3) is 0 Å². The summed E-state index contributed by atoms with van der Waals surface area (Å²) in [6, 6.07) is 15.4. The van der Waals surface area contributed by atoms with E-state index in [4.69, 9.17) is 19.4 Å². The number of carboxylic acid groups (broad SMARTS) is 1. The molecule has 0 amide bonds. The van der Waals surface area contributed by atoms with Crippen molar-refractivity contribution < 1.29 is 37.3 Å². The number of benzene rings is 2. The van der Waals surface area contributed by atoms with Crippen molar-refractivity contribution in [2.75, 3.05) is 18.5 Å². The highest BCUT2D eigenvalue weighted by Gasteiger charge is 2.38. The lowest BCUT2D eigenvalue weighted by Gasteiger charge is -2.08. The number of hydrogen-bond donors (Lipinski definition) is 2. The topological polar surface area (TPSA) is 84.9 Å². The highest BCUT2D eigenvalue weighted by atomic mass is 19.4. The van der Waals surface area contributed by atoms with Crippen LogP contribution >= 0.6 is 0 Å². The molecule has 2 aromatic rings. The molecule has 0 fully saturated rings. The minimum atomic E-state index is -5.08. The standard InChI is InChI=1S/C17H17NO3.C2HF3O2/c19-17(21-11-13-4-2-1-3-5-13)12-20-15-6-7-16-14(10-15)8-9-18-16;3-2(4,5)1(6)7/h1-7,10,18H,8-9,11-12H2;(H,6,7). The Kier molecular flexibility index (Phi) is 7.25. The molecule has 150 valence electrons. The van der Waals surface area contributed by atoms with E-state index in [2.05, 4.69) is 5.32 Å². The number of carboxylic acids is 1. The third kappa shape index (κ3) is 6.82. The lowest BCUT2D eigenvalue weighted by atomic mass is 10.1. The molecular weight excluding hydrogens is 379 g/mol. The predicted molar refractivity (Wildman–Crippen MR) is 94.1 cm³/mol. The number of carbonyl (C=O) groups excluding carboxylic acids is 1. The molecule has 28 heavy (non-hydrogen) atoms. The number of aliphatic carboxylic acids is 1. The van der Waals surface area contributed by atoms with Crippen LogP contribution in [0, 0.1) is 0 Å². The van der Waals surface area contributed by atoms with Crippen LogP contribution in [-0.2, 0) is 27.4 Å². The first-order valence-corrected chi connectivity index (χ1v) is 8.25. The van der Waals surface area contributed by atoms with Gasteiger partial charge in [0, 0.05) is 12.2 Å². The highest BCUT2D eigenvalue weighted by molar-refractivity contribution is 5.73. The van der Waals surface area contributed by atoms with E-state index in [0.717, 1.165) is 24.2 Å². The van der Waals surface area contributed by atoms with Crippen LogP contribution in [-0.4, -0.2) is 36.4 Å². The molecule has 1 aliphatic heterocycles. The van der Waals surface area contributed by atoms with Gasteiger partial charge in [-0.2, -0.15) is 13.2 Å². The molecular formula is C19H18F3NO5. The molecule has 0 aliphatic carbocycles. The van der Waals surface area contributed by atoms with Crippen molar-refractivity contribution in [3.8, 4) is 5.75 Å². The van der Waals surface area contributed by atoms with Gasteiger partial charge in [0.25, 0.3) is 0 Å². The number of hydrogen-bond acceptors (Lipinski definition) is 5. The Hall–Kier alpha value is -3.23. The molecule has 0 atom stereocenters. The first-order valence-electron chi connectivity index (χ1n) is 8.25. The van der Waals surface area contributed by atoms with Crippen molar-refractivity contribution in [1.29, 1.82) is 0 Å². The fraction of sp³-hybridized carbons (Fsp3) is 0.263. The molecule has 0 bridgehead atoms. The Labute approximate surface area is 158 Å². The number of fused-ring (bicyclic) bond motifs is 1. The van der Waals surface area contributed by atoms with Crippen molar-refractivity contribution in [3.63, 3.8) is 0 Å². The number of anilines is 1. The summed E-state index contributed by atoms with van der Waals surface area (Å²) in [5, 5.41) is 10.4. The van der Waals surface area contributed by atoms with Gasteiger partial charge in [0.1, 0.15) is 12.4 Å². The van der Waals surface area contributed by atoms with Crippen molar-refractivity contribution >= 4 is 17.6 Å². The summed E-state index contributed by atoms with van der Waals surface area (Å²) in [5.41, 5.74) is 3.34. The molecule has 6 nitrogen and oxygen atoms in total. The molecule has 9 heteroatoms. The summed E-state index contributed by atoms with van der Waals surface area (Å²) in [4.78, 5) is 20.6. The number of carbonyl (C=O) groups is 2.